The highest BCUT2D eigenvalue weighted by Gasteiger charge is 2.24. The molecule has 29 heavy (non-hydrogen) atoms. The molecule has 8 heteroatoms. The van der Waals surface area contributed by atoms with E-state index in [4.69, 9.17) is 27.9 Å². The number of hydrogen-bond donors (Lipinski definition) is 2. The fourth-order valence-corrected chi connectivity index (χ4v) is 3.32. The molecule has 0 saturated heterocycles. The number of benzodiazepines with no additional fused rings is 1. The van der Waals surface area contributed by atoms with Crippen molar-refractivity contribution in [1.82, 2.24) is 5.32 Å². The molecule has 0 bridgehead atoms. The number of esters is 1. The molecule has 1 aliphatic rings. The maximum Gasteiger partial charge on any atom is 0.356 e. The van der Waals surface area contributed by atoms with E-state index in [1.807, 2.05) is 18.2 Å². The summed E-state index contributed by atoms with van der Waals surface area (Å²) in [5, 5.41) is 6.82. The average molecular weight is 432 g/mol. The van der Waals surface area contributed by atoms with Crippen LogP contribution in [0, 0.1) is 0 Å². The van der Waals surface area contributed by atoms with Crippen LogP contribution in [-0.4, -0.2) is 30.7 Å². The van der Waals surface area contributed by atoms with Gasteiger partial charge in [-0.05, 0) is 31.2 Å². The molecule has 0 saturated carbocycles. The van der Waals surface area contributed by atoms with E-state index in [2.05, 4.69) is 15.6 Å². The Hall–Kier alpha value is -2.83. The third-order valence-corrected chi connectivity index (χ3v) is 4.69. The summed E-state index contributed by atoms with van der Waals surface area (Å²) in [6, 6.07) is 12.6. The lowest BCUT2D eigenvalue weighted by molar-refractivity contribution is -0.140. The van der Waals surface area contributed by atoms with E-state index in [1.54, 1.807) is 31.2 Å². The summed E-state index contributed by atoms with van der Waals surface area (Å²) in [6.45, 7) is 3.29. The third-order valence-electron chi connectivity index (χ3n) is 4.13. The first-order chi connectivity index (χ1) is 13.9. The first-order valence-corrected chi connectivity index (χ1v) is 9.70. The molecule has 3 rings (SSSR count). The highest BCUT2D eigenvalue weighted by molar-refractivity contribution is 6.36. The van der Waals surface area contributed by atoms with E-state index in [-0.39, 0.29) is 18.8 Å². The lowest BCUT2D eigenvalue weighted by Crippen LogP contribution is -2.30. The molecular formula is C21H19Cl2N3O3. The lowest BCUT2D eigenvalue weighted by Gasteiger charge is -2.15. The number of nitrogens with zero attached hydrogens (tertiary/aromatic N) is 1. The minimum Gasteiger partial charge on any atom is -0.461 e. The van der Waals surface area contributed by atoms with Crippen LogP contribution in [-0.2, 0) is 14.3 Å². The van der Waals surface area contributed by atoms with Crippen LogP contribution >= 0.6 is 23.2 Å². The van der Waals surface area contributed by atoms with Crippen molar-refractivity contribution in [1.29, 1.82) is 0 Å². The molecule has 0 aliphatic carbocycles. The number of rotatable bonds is 4. The zero-order chi connectivity index (χ0) is 21.0. The summed E-state index contributed by atoms with van der Waals surface area (Å²) in [5.74, 6) is -1.03. The number of hydrogen-bond acceptors (Lipinski definition) is 5. The molecule has 2 N–H and O–H groups in total. The molecule has 150 valence electrons. The van der Waals surface area contributed by atoms with Gasteiger partial charge in [0, 0.05) is 33.8 Å². The maximum atomic E-state index is 12.4. The Kier molecular flexibility index (Phi) is 6.56. The van der Waals surface area contributed by atoms with Crippen LogP contribution < -0.4 is 10.6 Å². The number of amides is 1. The standard InChI is InChI=1S/C21H19Cl2N3O3/c1-3-29-21(28)20(25-12(2)27)18-11-24-19(14-6-4-5-7-16(14)23)15-10-13(22)8-9-17(15)26-18/h4-10,26H,3,11H2,1-2H3,(H,25,27)/b20-18+. The van der Waals surface area contributed by atoms with Crippen LogP contribution in [0.25, 0.3) is 0 Å². The van der Waals surface area contributed by atoms with Gasteiger partial charge >= 0.3 is 5.97 Å². The second-order valence-electron chi connectivity index (χ2n) is 6.21. The van der Waals surface area contributed by atoms with E-state index in [9.17, 15) is 9.59 Å². The van der Waals surface area contributed by atoms with Crippen LogP contribution in [0.2, 0.25) is 10.0 Å². The van der Waals surface area contributed by atoms with Gasteiger partial charge < -0.3 is 15.4 Å². The summed E-state index contributed by atoms with van der Waals surface area (Å²) in [5.41, 5.74) is 3.19. The number of ether oxygens (including phenoxy) is 1. The van der Waals surface area contributed by atoms with Gasteiger partial charge in [0.2, 0.25) is 5.91 Å². The molecule has 1 heterocycles. The number of carbonyl (C=O) groups excluding carboxylic acids is 2. The van der Waals surface area contributed by atoms with Crippen molar-refractivity contribution in [2.24, 2.45) is 4.99 Å². The normalized spacial score (nSPS) is 14.7. The largest absolute Gasteiger partial charge is 0.461 e. The Morgan fingerprint density at radius 2 is 1.93 bits per heavy atom. The molecular weight excluding hydrogens is 413 g/mol. The SMILES string of the molecule is CCOC(=O)/C(NC(C)=O)=C1/CN=C(c2ccccc2Cl)c2cc(Cl)ccc2N1. The number of nitrogens with one attached hydrogen (secondary N) is 2. The van der Waals surface area contributed by atoms with Gasteiger partial charge in [0.15, 0.2) is 0 Å². The second-order valence-corrected chi connectivity index (χ2v) is 7.06. The summed E-state index contributed by atoms with van der Waals surface area (Å²) >= 11 is 12.6. The minimum absolute atomic E-state index is 0.0180. The van der Waals surface area contributed by atoms with Gasteiger partial charge in [0.1, 0.15) is 5.70 Å². The maximum absolute atomic E-state index is 12.4. The average Bonchev–Trinajstić information content (AvgIpc) is 2.86. The van der Waals surface area contributed by atoms with Crippen LogP contribution in [0.1, 0.15) is 25.0 Å². The molecule has 2 aromatic carbocycles. The van der Waals surface area contributed by atoms with Crippen molar-refractivity contribution < 1.29 is 14.3 Å². The quantitative estimate of drug-likeness (QED) is 0.562. The first-order valence-electron chi connectivity index (χ1n) is 8.94. The smallest absolute Gasteiger partial charge is 0.356 e. The Labute approximate surface area is 178 Å². The Bertz CT molecular complexity index is 1030. The zero-order valence-corrected chi connectivity index (χ0v) is 17.4. The molecule has 0 atom stereocenters. The molecule has 0 unspecified atom stereocenters. The predicted molar refractivity (Wildman–Crippen MR) is 115 cm³/mol. The number of anilines is 1. The van der Waals surface area contributed by atoms with E-state index in [1.165, 1.54) is 6.92 Å². The Morgan fingerprint density at radius 3 is 2.62 bits per heavy atom. The minimum atomic E-state index is -0.642. The van der Waals surface area contributed by atoms with Gasteiger partial charge in [-0.2, -0.15) is 0 Å². The van der Waals surface area contributed by atoms with Gasteiger partial charge in [-0.15, -0.1) is 0 Å². The van der Waals surface area contributed by atoms with Gasteiger partial charge in [0.05, 0.1) is 24.6 Å². The molecule has 1 amide bonds. The van der Waals surface area contributed by atoms with E-state index in [0.29, 0.717) is 27.1 Å². The summed E-state index contributed by atoms with van der Waals surface area (Å²) < 4.78 is 5.09. The highest BCUT2D eigenvalue weighted by Crippen LogP contribution is 2.30. The van der Waals surface area contributed by atoms with Gasteiger partial charge in [-0.1, -0.05) is 41.4 Å². The number of fused-ring (bicyclic) bond motifs is 1. The van der Waals surface area contributed by atoms with E-state index < -0.39 is 11.9 Å². The van der Waals surface area contributed by atoms with Crippen LogP contribution in [0.3, 0.4) is 0 Å². The lowest BCUT2D eigenvalue weighted by atomic mass is 10.0. The topological polar surface area (TPSA) is 79.8 Å². The summed E-state index contributed by atoms with van der Waals surface area (Å²) in [6.07, 6.45) is 0. The zero-order valence-electron chi connectivity index (χ0n) is 15.9. The molecule has 0 fully saturated rings. The monoisotopic (exact) mass is 431 g/mol. The van der Waals surface area contributed by atoms with Crippen molar-refractivity contribution in [2.75, 3.05) is 18.5 Å². The van der Waals surface area contributed by atoms with E-state index >= 15 is 0 Å². The number of benzene rings is 2. The van der Waals surface area contributed by atoms with Crippen molar-refractivity contribution in [3.8, 4) is 0 Å². The van der Waals surface area contributed by atoms with Crippen LogP contribution in [0.15, 0.2) is 58.9 Å². The second kappa shape index (κ2) is 9.11. The highest BCUT2D eigenvalue weighted by atomic mass is 35.5. The van der Waals surface area contributed by atoms with Crippen molar-refractivity contribution in [3.63, 3.8) is 0 Å². The molecule has 0 radical (unpaired) electrons. The molecule has 0 spiro atoms. The van der Waals surface area contributed by atoms with E-state index in [0.717, 1.165) is 11.1 Å². The third kappa shape index (κ3) is 4.78. The molecule has 1 aliphatic heterocycles. The molecule has 6 nitrogen and oxygen atoms in total. The van der Waals surface area contributed by atoms with Gasteiger partial charge in [-0.25, -0.2) is 4.79 Å². The Morgan fingerprint density at radius 1 is 1.17 bits per heavy atom. The number of halogens is 2. The number of aliphatic imine (C=N–C) groups is 1. The molecule has 2 aromatic rings. The summed E-state index contributed by atoms with van der Waals surface area (Å²) in [7, 11) is 0. The van der Waals surface area contributed by atoms with Crippen molar-refractivity contribution in [2.45, 2.75) is 13.8 Å². The van der Waals surface area contributed by atoms with Gasteiger partial charge in [-0.3, -0.25) is 9.79 Å². The van der Waals surface area contributed by atoms with Crippen molar-refractivity contribution in [3.05, 3.63) is 75.0 Å². The fraction of sp³-hybridized carbons (Fsp3) is 0.190. The van der Waals surface area contributed by atoms with Crippen LogP contribution in [0.4, 0.5) is 5.69 Å². The Balaban J connectivity index is 2.19. The van der Waals surface area contributed by atoms with Gasteiger partial charge in [0.25, 0.3) is 0 Å². The predicted octanol–water partition coefficient (Wildman–Crippen LogP) is 4.17. The molecule has 0 aromatic heterocycles. The summed E-state index contributed by atoms with van der Waals surface area (Å²) in [4.78, 5) is 28.8. The van der Waals surface area contributed by atoms with Crippen LogP contribution in [0.5, 0.6) is 0 Å². The fourth-order valence-electron chi connectivity index (χ4n) is 2.92. The first kappa shape index (κ1) is 20.9. The number of carbonyl (C=O) groups is 2. The van der Waals surface area contributed by atoms with Crippen molar-refractivity contribution >= 4 is 46.5 Å².